The van der Waals surface area contributed by atoms with E-state index in [9.17, 15) is 32.9 Å². The van der Waals surface area contributed by atoms with Crippen molar-refractivity contribution in [1.82, 2.24) is 9.97 Å². The third kappa shape index (κ3) is 2.19. The Hall–Kier alpha value is -2.65. The molecule has 0 saturated heterocycles. The Morgan fingerprint density at radius 1 is 1.05 bits per heavy atom. The number of aromatic nitrogens is 2. The minimum absolute atomic E-state index is 0.260. The molecule has 19 heavy (non-hydrogen) atoms. The number of benzene rings is 1. The predicted octanol–water partition coefficient (Wildman–Crippen LogP) is 1.14. The molecule has 0 aliphatic carbocycles. The Kier molecular flexibility index (Phi) is 2.65. The van der Waals surface area contributed by atoms with Gasteiger partial charge in [0.05, 0.1) is 16.0 Å². The number of nitrogens with zero attached hydrogens (tertiary/aromatic N) is 1. The molecule has 0 amide bonds. The van der Waals surface area contributed by atoms with Gasteiger partial charge in [0, 0.05) is 6.07 Å². The number of hydrogen-bond donors (Lipinski definition) is 2. The monoisotopic (exact) mass is 275 g/mol. The first-order chi connectivity index (χ1) is 8.70. The Bertz CT molecular complexity index is 790. The van der Waals surface area contributed by atoms with Crippen molar-refractivity contribution in [3.8, 4) is 0 Å². The number of nitro groups is 1. The molecule has 2 aromatic rings. The van der Waals surface area contributed by atoms with Gasteiger partial charge in [0.15, 0.2) is 0 Å². The fourth-order valence-electron chi connectivity index (χ4n) is 1.53. The van der Waals surface area contributed by atoms with Crippen LogP contribution >= 0.6 is 0 Å². The molecule has 2 rings (SSSR count). The minimum Gasteiger partial charge on any atom is -0.316 e. The highest BCUT2D eigenvalue weighted by Crippen LogP contribution is 2.37. The lowest BCUT2D eigenvalue weighted by Gasteiger charge is -2.08. The molecule has 0 aliphatic rings. The molecule has 0 saturated carbocycles. The molecule has 0 aliphatic heterocycles. The van der Waals surface area contributed by atoms with Crippen LogP contribution in [0.1, 0.15) is 5.56 Å². The molecule has 0 bridgehead atoms. The van der Waals surface area contributed by atoms with E-state index in [0.29, 0.717) is 12.1 Å². The van der Waals surface area contributed by atoms with E-state index in [2.05, 4.69) is 0 Å². The molecule has 1 aromatic carbocycles. The summed E-state index contributed by atoms with van der Waals surface area (Å²) in [6, 6.07) is 0.959. The van der Waals surface area contributed by atoms with Crippen molar-refractivity contribution in [3.63, 3.8) is 0 Å². The van der Waals surface area contributed by atoms with Gasteiger partial charge in [0.2, 0.25) is 0 Å². The molecule has 0 spiro atoms. The van der Waals surface area contributed by atoms with Crippen LogP contribution < -0.4 is 11.1 Å². The van der Waals surface area contributed by atoms with Gasteiger partial charge >= 0.3 is 17.3 Å². The molecule has 0 radical (unpaired) electrons. The van der Waals surface area contributed by atoms with Gasteiger partial charge in [-0.05, 0) is 6.07 Å². The van der Waals surface area contributed by atoms with Gasteiger partial charge < -0.3 is 9.97 Å². The number of hydrogen-bond acceptors (Lipinski definition) is 4. The van der Waals surface area contributed by atoms with Crippen molar-refractivity contribution in [3.05, 3.63) is 48.5 Å². The van der Waals surface area contributed by atoms with Crippen molar-refractivity contribution in [1.29, 1.82) is 0 Å². The van der Waals surface area contributed by atoms with Crippen LogP contribution in [0.15, 0.2) is 21.7 Å². The second-order valence-electron chi connectivity index (χ2n) is 3.58. The van der Waals surface area contributed by atoms with Gasteiger partial charge in [-0.2, -0.15) is 13.2 Å². The van der Waals surface area contributed by atoms with Crippen LogP contribution in [0.5, 0.6) is 0 Å². The zero-order valence-corrected chi connectivity index (χ0v) is 8.87. The van der Waals surface area contributed by atoms with Crippen molar-refractivity contribution in [2.45, 2.75) is 6.18 Å². The summed E-state index contributed by atoms with van der Waals surface area (Å²) < 4.78 is 37.9. The van der Waals surface area contributed by atoms with Crippen LogP contribution in [0.4, 0.5) is 18.9 Å². The highest BCUT2D eigenvalue weighted by atomic mass is 19.4. The maximum Gasteiger partial charge on any atom is 0.423 e. The minimum atomic E-state index is -4.95. The molecule has 100 valence electrons. The van der Waals surface area contributed by atoms with E-state index in [4.69, 9.17) is 0 Å². The first-order valence-electron chi connectivity index (χ1n) is 4.72. The largest absolute Gasteiger partial charge is 0.423 e. The third-order valence-electron chi connectivity index (χ3n) is 2.34. The van der Waals surface area contributed by atoms with Gasteiger partial charge in [-0.25, -0.2) is 0 Å². The van der Waals surface area contributed by atoms with Crippen LogP contribution in [0.2, 0.25) is 0 Å². The topological polar surface area (TPSA) is 109 Å². The van der Waals surface area contributed by atoms with E-state index in [1.807, 2.05) is 9.97 Å². The summed E-state index contributed by atoms with van der Waals surface area (Å²) in [4.78, 5) is 35.3. The Labute approximate surface area is 100 Å². The number of nitro benzene ring substituents is 1. The van der Waals surface area contributed by atoms with Gasteiger partial charge in [0.25, 0.3) is 5.69 Å². The summed E-state index contributed by atoms with van der Waals surface area (Å²) in [6.45, 7) is 0. The van der Waals surface area contributed by atoms with Crippen LogP contribution in [-0.4, -0.2) is 14.9 Å². The number of rotatable bonds is 1. The average molecular weight is 275 g/mol. The van der Waals surface area contributed by atoms with Gasteiger partial charge in [-0.1, -0.05) is 0 Å². The Balaban J connectivity index is 2.92. The number of aromatic amines is 2. The number of halogens is 3. The standard InChI is InChI=1S/C9H4F3N3O4/c10-9(11,12)3-1-4-5(2-6(3)15(18)19)14-8(17)7(16)13-4/h1-2H,(H,13,16)(H,14,17). The van der Waals surface area contributed by atoms with Crippen LogP contribution in [0.3, 0.4) is 0 Å². The molecule has 1 heterocycles. The van der Waals surface area contributed by atoms with E-state index >= 15 is 0 Å². The quantitative estimate of drug-likeness (QED) is 0.462. The van der Waals surface area contributed by atoms with Crippen LogP contribution in [0.25, 0.3) is 11.0 Å². The van der Waals surface area contributed by atoms with Crippen molar-refractivity contribution in [2.24, 2.45) is 0 Å². The third-order valence-corrected chi connectivity index (χ3v) is 2.34. The Morgan fingerprint density at radius 2 is 1.53 bits per heavy atom. The number of nitrogens with one attached hydrogen (secondary N) is 2. The maximum atomic E-state index is 12.6. The second-order valence-corrected chi connectivity index (χ2v) is 3.58. The van der Waals surface area contributed by atoms with Gasteiger partial charge in [0.1, 0.15) is 5.56 Å². The summed E-state index contributed by atoms with van der Waals surface area (Å²) in [5, 5.41) is 10.6. The molecule has 7 nitrogen and oxygen atoms in total. The lowest BCUT2D eigenvalue weighted by atomic mass is 10.1. The van der Waals surface area contributed by atoms with Gasteiger partial charge in [-0.3, -0.25) is 19.7 Å². The SMILES string of the molecule is O=c1[nH]c2cc([N+](=O)[O-])c(C(F)(F)F)cc2[nH]c1=O. The maximum absolute atomic E-state index is 12.6. The van der Waals surface area contributed by atoms with Crippen molar-refractivity contribution < 1.29 is 18.1 Å². The van der Waals surface area contributed by atoms with Gasteiger partial charge in [-0.15, -0.1) is 0 Å². The molecule has 0 unspecified atom stereocenters. The summed E-state index contributed by atoms with van der Waals surface area (Å²) in [6.07, 6.45) is -4.95. The fourth-order valence-corrected chi connectivity index (χ4v) is 1.53. The molecule has 0 atom stereocenters. The molecular weight excluding hydrogens is 271 g/mol. The van der Waals surface area contributed by atoms with Crippen molar-refractivity contribution in [2.75, 3.05) is 0 Å². The van der Waals surface area contributed by atoms with E-state index < -0.39 is 33.5 Å². The van der Waals surface area contributed by atoms with E-state index in [-0.39, 0.29) is 11.0 Å². The van der Waals surface area contributed by atoms with E-state index in [0.717, 1.165) is 0 Å². The lowest BCUT2D eigenvalue weighted by molar-refractivity contribution is -0.387. The molecule has 1 aromatic heterocycles. The summed E-state index contributed by atoms with van der Waals surface area (Å²) >= 11 is 0. The number of H-pyrrole nitrogens is 2. The van der Waals surface area contributed by atoms with E-state index in [1.165, 1.54) is 0 Å². The lowest BCUT2D eigenvalue weighted by Crippen LogP contribution is -2.29. The number of fused-ring (bicyclic) bond motifs is 1. The van der Waals surface area contributed by atoms with E-state index in [1.54, 1.807) is 0 Å². The van der Waals surface area contributed by atoms with Crippen LogP contribution in [0, 0.1) is 10.1 Å². The molecular formula is C9H4F3N3O4. The first-order valence-corrected chi connectivity index (χ1v) is 4.72. The van der Waals surface area contributed by atoms with Crippen molar-refractivity contribution >= 4 is 16.7 Å². The second kappa shape index (κ2) is 3.93. The summed E-state index contributed by atoms with van der Waals surface area (Å²) in [7, 11) is 0. The average Bonchev–Trinajstić information content (AvgIpc) is 2.27. The number of alkyl halides is 3. The highest BCUT2D eigenvalue weighted by molar-refractivity contribution is 5.78. The zero-order chi connectivity index (χ0) is 14.4. The fraction of sp³-hybridized carbons (Fsp3) is 0.111. The predicted molar refractivity (Wildman–Crippen MR) is 56.8 cm³/mol. The molecule has 10 heteroatoms. The first kappa shape index (κ1) is 12.8. The zero-order valence-electron chi connectivity index (χ0n) is 8.87. The molecule has 0 fully saturated rings. The highest BCUT2D eigenvalue weighted by Gasteiger charge is 2.38. The molecule has 2 N–H and O–H groups in total. The normalized spacial score (nSPS) is 11.7. The summed E-state index contributed by atoms with van der Waals surface area (Å²) in [5.41, 5.74) is -5.57. The smallest absolute Gasteiger partial charge is 0.316 e. The summed E-state index contributed by atoms with van der Waals surface area (Å²) in [5.74, 6) is 0. The Morgan fingerprint density at radius 3 is 1.95 bits per heavy atom. The van der Waals surface area contributed by atoms with Crippen LogP contribution in [-0.2, 0) is 6.18 Å².